The lowest BCUT2D eigenvalue weighted by atomic mass is 10.1. The number of hydrogen-bond acceptors (Lipinski definition) is 4. The van der Waals surface area contributed by atoms with E-state index in [1.807, 2.05) is 6.07 Å². The summed E-state index contributed by atoms with van der Waals surface area (Å²) in [6.45, 7) is 0.690. The number of aliphatic hydroxyl groups excluding tert-OH is 1. The van der Waals surface area contributed by atoms with Gasteiger partial charge in [-0.15, -0.1) is 5.10 Å². The number of tetrazole rings is 1. The molecule has 2 rings (SSSR count). The van der Waals surface area contributed by atoms with Gasteiger partial charge in [0, 0.05) is 6.54 Å². The first-order valence-corrected chi connectivity index (χ1v) is 6.80. The molecular weight excluding hydrogens is 240 g/mol. The standard InChI is InChI=1S/C14H20N4O/c19-12-14-15-16-17-18(14)11-7-2-1-4-8-13-9-5-3-6-10-13/h3,5-6,9-10,19H,1-2,4,7-8,11-12H2. The van der Waals surface area contributed by atoms with Crippen LogP contribution in [0.4, 0.5) is 0 Å². The predicted octanol–water partition coefficient (Wildman–Crippen LogP) is 1.97. The summed E-state index contributed by atoms with van der Waals surface area (Å²) >= 11 is 0. The Balaban J connectivity index is 1.58. The first-order chi connectivity index (χ1) is 9.40. The molecule has 0 atom stereocenters. The number of aliphatic hydroxyl groups is 1. The number of nitrogens with zero attached hydrogens (tertiary/aromatic N) is 4. The molecule has 5 heteroatoms. The fourth-order valence-electron chi connectivity index (χ4n) is 2.10. The molecule has 0 bridgehead atoms. The summed E-state index contributed by atoms with van der Waals surface area (Å²) in [5.41, 5.74) is 1.41. The van der Waals surface area contributed by atoms with Crippen molar-refractivity contribution in [3.63, 3.8) is 0 Å². The molecule has 1 heterocycles. The van der Waals surface area contributed by atoms with E-state index in [9.17, 15) is 0 Å². The SMILES string of the molecule is OCc1nnnn1CCCCCCc1ccccc1. The molecule has 102 valence electrons. The van der Waals surface area contributed by atoms with Gasteiger partial charge in [-0.25, -0.2) is 4.68 Å². The van der Waals surface area contributed by atoms with Gasteiger partial charge in [-0.3, -0.25) is 0 Å². The first-order valence-electron chi connectivity index (χ1n) is 6.80. The fourth-order valence-corrected chi connectivity index (χ4v) is 2.10. The van der Waals surface area contributed by atoms with Crippen LogP contribution in [0.1, 0.15) is 37.1 Å². The normalized spacial score (nSPS) is 10.8. The van der Waals surface area contributed by atoms with Crippen molar-refractivity contribution in [1.82, 2.24) is 20.2 Å². The molecule has 1 N–H and O–H groups in total. The van der Waals surface area contributed by atoms with E-state index in [0.29, 0.717) is 5.82 Å². The third kappa shape index (κ3) is 4.44. The summed E-state index contributed by atoms with van der Waals surface area (Å²) in [6.07, 6.45) is 5.79. The molecule has 1 aromatic heterocycles. The van der Waals surface area contributed by atoms with Crippen LogP contribution in [-0.4, -0.2) is 25.3 Å². The van der Waals surface area contributed by atoms with Crippen molar-refractivity contribution in [2.75, 3.05) is 0 Å². The highest BCUT2D eigenvalue weighted by molar-refractivity contribution is 5.14. The van der Waals surface area contributed by atoms with Crippen molar-refractivity contribution < 1.29 is 5.11 Å². The Kier molecular flexibility index (Phi) is 5.49. The van der Waals surface area contributed by atoms with Crippen LogP contribution in [0, 0.1) is 0 Å². The molecule has 2 aromatic rings. The van der Waals surface area contributed by atoms with E-state index in [1.54, 1.807) is 4.68 Å². The van der Waals surface area contributed by atoms with Gasteiger partial charge in [0.1, 0.15) is 6.61 Å². The highest BCUT2D eigenvalue weighted by Gasteiger charge is 2.03. The number of unbranched alkanes of at least 4 members (excludes halogenated alkanes) is 3. The minimum absolute atomic E-state index is 0.0962. The number of rotatable bonds is 8. The van der Waals surface area contributed by atoms with Crippen LogP contribution < -0.4 is 0 Å². The zero-order chi connectivity index (χ0) is 13.3. The van der Waals surface area contributed by atoms with E-state index in [1.165, 1.54) is 18.4 Å². The van der Waals surface area contributed by atoms with Gasteiger partial charge in [-0.2, -0.15) is 0 Å². The largest absolute Gasteiger partial charge is 0.388 e. The zero-order valence-electron chi connectivity index (χ0n) is 11.1. The highest BCUT2D eigenvalue weighted by atomic mass is 16.3. The maximum absolute atomic E-state index is 9.01. The molecule has 0 amide bonds. The quantitative estimate of drug-likeness (QED) is 0.737. The monoisotopic (exact) mass is 260 g/mol. The first kappa shape index (κ1) is 13.7. The number of aromatic nitrogens is 4. The highest BCUT2D eigenvalue weighted by Crippen LogP contribution is 2.08. The molecule has 0 radical (unpaired) electrons. The lowest BCUT2D eigenvalue weighted by molar-refractivity contribution is 0.261. The molecule has 0 saturated carbocycles. The average molecular weight is 260 g/mol. The Morgan fingerprint density at radius 2 is 1.79 bits per heavy atom. The average Bonchev–Trinajstić information content (AvgIpc) is 2.91. The fraction of sp³-hybridized carbons (Fsp3) is 0.500. The van der Waals surface area contributed by atoms with E-state index in [2.05, 4.69) is 39.8 Å². The van der Waals surface area contributed by atoms with Gasteiger partial charge >= 0.3 is 0 Å². The topological polar surface area (TPSA) is 63.8 Å². The second kappa shape index (κ2) is 7.63. The number of benzene rings is 1. The van der Waals surface area contributed by atoms with Crippen molar-refractivity contribution in [1.29, 1.82) is 0 Å². The van der Waals surface area contributed by atoms with E-state index < -0.39 is 0 Å². The lowest BCUT2D eigenvalue weighted by Gasteiger charge is -2.03. The summed E-state index contributed by atoms with van der Waals surface area (Å²) in [5.74, 6) is 0.546. The lowest BCUT2D eigenvalue weighted by Crippen LogP contribution is -2.06. The van der Waals surface area contributed by atoms with Crippen LogP contribution in [0.3, 0.4) is 0 Å². The Labute approximate surface area is 113 Å². The van der Waals surface area contributed by atoms with Crippen molar-refractivity contribution >= 4 is 0 Å². The van der Waals surface area contributed by atoms with Crippen LogP contribution in [0.5, 0.6) is 0 Å². The van der Waals surface area contributed by atoms with E-state index in [-0.39, 0.29) is 6.61 Å². The number of hydrogen-bond donors (Lipinski definition) is 1. The smallest absolute Gasteiger partial charge is 0.176 e. The van der Waals surface area contributed by atoms with Crippen LogP contribution in [0.15, 0.2) is 30.3 Å². The van der Waals surface area contributed by atoms with E-state index >= 15 is 0 Å². The van der Waals surface area contributed by atoms with Crippen molar-refractivity contribution in [3.05, 3.63) is 41.7 Å². The van der Waals surface area contributed by atoms with Gasteiger partial charge in [0.2, 0.25) is 0 Å². The van der Waals surface area contributed by atoms with Crippen LogP contribution in [0.25, 0.3) is 0 Å². The van der Waals surface area contributed by atoms with Crippen molar-refractivity contribution in [2.24, 2.45) is 0 Å². The molecule has 0 fully saturated rings. The van der Waals surface area contributed by atoms with Gasteiger partial charge < -0.3 is 5.11 Å². The van der Waals surface area contributed by atoms with E-state index in [0.717, 1.165) is 25.8 Å². The van der Waals surface area contributed by atoms with Gasteiger partial charge in [-0.05, 0) is 35.3 Å². The van der Waals surface area contributed by atoms with Crippen LogP contribution >= 0.6 is 0 Å². The summed E-state index contributed by atoms with van der Waals surface area (Å²) in [4.78, 5) is 0. The van der Waals surface area contributed by atoms with Gasteiger partial charge in [0.15, 0.2) is 5.82 Å². The molecule has 0 aliphatic carbocycles. The Morgan fingerprint density at radius 3 is 2.58 bits per heavy atom. The molecule has 0 aliphatic heterocycles. The maximum Gasteiger partial charge on any atom is 0.176 e. The summed E-state index contributed by atoms with van der Waals surface area (Å²) in [6, 6.07) is 10.6. The van der Waals surface area contributed by atoms with E-state index in [4.69, 9.17) is 5.11 Å². The molecule has 1 aromatic carbocycles. The van der Waals surface area contributed by atoms with Gasteiger partial charge in [-0.1, -0.05) is 43.2 Å². The van der Waals surface area contributed by atoms with Crippen LogP contribution in [-0.2, 0) is 19.6 Å². The maximum atomic E-state index is 9.01. The minimum Gasteiger partial charge on any atom is -0.388 e. The van der Waals surface area contributed by atoms with Crippen molar-refractivity contribution in [2.45, 2.75) is 45.3 Å². The Morgan fingerprint density at radius 1 is 1.00 bits per heavy atom. The summed E-state index contributed by atoms with van der Waals surface area (Å²) < 4.78 is 1.68. The Bertz CT molecular complexity index is 469. The molecule has 0 unspecified atom stereocenters. The van der Waals surface area contributed by atoms with Gasteiger partial charge in [0.25, 0.3) is 0 Å². The summed E-state index contributed by atoms with van der Waals surface area (Å²) in [7, 11) is 0. The Hall–Kier alpha value is -1.75. The third-order valence-corrected chi connectivity index (χ3v) is 3.18. The zero-order valence-corrected chi connectivity index (χ0v) is 11.1. The summed E-state index contributed by atoms with van der Waals surface area (Å²) in [5, 5.41) is 20.2. The molecule has 0 saturated heterocycles. The molecule has 5 nitrogen and oxygen atoms in total. The number of aryl methyl sites for hydroxylation is 2. The second-order valence-corrected chi connectivity index (χ2v) is 4.63. The van der Waals surface area contributed by atoms with Gasteiger partial charge in [0.05, 0.1) is 0 Å². The molecule has 0 aliphatic rings. The molecule has 0 spiro atoms. The van der Waals surface area contributed by atoms with Crippen LogP contribution in [0.2, 0.25) is 0 Å². The van der Waals surface area contributed by atoms with Crippen molar-refractivity contribution in [3.8, 4) is 0 Å². The second-order valence-electron chi connectivity index (χ2n) is 4.63. The molecular formula is C14H20N4O. The minimum atomic E-state index is -0.0962. The third-order valence-electron chi connectivity index (χ3n) is 3.18. The molecule has 19 heavy (non-hydrogen) atoms. The predicted molar refractivity (Wildman–Crippen MR) is 72.4 cm³/mol.